The van der Waals surface area contributed by atoms with Gasteiger partial charge in [0.05, 0.1) is 6.54 Å². The van der Waals surface area contributed by atoms with Gasteiger partial charge in [-0.25, -0.2) is 4.98 Å². The number of hydrogen-bond acceptors (Lipinski definition) is 6. The van der Waals surface area contributed by atoms with Gasteiger partial charge >= 0.3 is 0 Å². The van der Waals surface area contributed by atoms with Gasteiger partial charge in [-0.1, -0.05) is 17.4 Å². The van der Waals surface area contributed by atoms with Gasteiger partial charge in [0.15, 0.2) is 0 Å². The minimum absolute atomic E-state index is 0.0961. The van der Waals surface area contributed by atoms with Crippen molar-refractivity contribution in [2.24, 2.45) is 0 Å². The van der Waals surface area contributed by atoms with Gasteiger partial charge in [0.1, 0.15) is 5.01 Å². The summed E-state index contributed by atoms with van der Waals surface area (Å²) in [4.78, 5) is 20.9. The van der Waals surface area contributed by atoms with Crippen LogP contribution in [-0.4, -0.2) is 26.0 Å². The molecule has 1 aliphatic rings. The average molecular weight is 332 g/mol. The van der Waals surface area contributed by atoms with Crippen LogP contribution in [0.1, 0.15) is 34.5 Å². The van der Waals surface area contributed by atoms with Gasteiger partial charge in [-0.15, -0.1) is 11.3 Å². The number of aromatic nitrogens is 3. The third-order valence-electron chi connectivity index (χ3n) is 3.99. The van der Waals surface area contributed by atoms with Crippen LogP contribution in [0, 0.1) is 6.92 Å². The zero-order valence-corrected chi connectivity index (χ0v) is 13.9. The molecular formula is C15H16N4OS2. The SMILES string of the molecule is Cc1cc(=O)n2nc(CN3CCCC3c3cccs3)sc2n1. The fourth-order valence-electron chi connectivity index (χ4n) is 3.02. The lowest BCUT2D eigenvalue weighted by molar-refractivity contribution is 0.250. The number of nitrogens with zero attached hydrogens (tertiary/aromatic N) is 4. The van der Waals surface area contributed by atoms with Gasteiger partial charge in [0, 0.05) is 22.7 Å². The van der Waals surface area contributed by atoms with E-state index in [1.54, 1.807) is 0 Å². The first-order valence-corrected chi connectivity index (χ1v) is 9.04. The first-order valence-electron chi connectivity index (χ1n) is 7.34. The van der Waals surface area contributed by atoms with Gasteiger partial charge in [-0.3, -0.25) is 9.69 Å². The van der Waals surface area contributed by atoms with E-state index >= 15 is 0 Å². The normalized spacial score (nSPS) is 19.2. The first kappa shape index (κ1) is 14.0. The summed E-state index contributed by atoms with van der Waals surface area (Å²) in [6.45, 7) is 3.71. The molecule has 4 rings (SSSR count). The Morgan fingerprint density at radius 3 is 3.18 bits per heavy atom. The topological polar surface area (TPSA) is 50.5 Å². The molecule has 0 saturated carbocycles. The van der Waals surface area contributed by atoms with E-state index in [1.807, 2.05) is 18.3 Å². The maximum absolute atomic E-state index is 12.0. The van der Waals surface area contributed by atoms with Gasteiger partial charge in [-0.05, 0) is 37.8 Å². The van der Waals surface area contributed by atoms with E-state index < -0.39 is 0 Å². The largest absolute Gasteiger partial charge is 0.289 e. The van der Waals surface area contributed by atoms with E-state index in [0.717, 1.165) is 23.8 Å². The van der Waals surface area contributed by atoms with Crippen LogP contribution in [0.3, 0.4) is 0 Å². The van der Waals surface area contributed by atoms with Gasteiger partial charge in [-0.2, -0.15) is 9.61 Å². The maximum Gasteiger partial charge on any atom is 0.275 e. The van der Waals surface area contributed by atoms with Crippen LogP contribution in [0.4, 0.5) is 0 Å². The zero-order chi connectivity index (χ0) is 15.1. The summed E-state index contributed by atoms with van der Waals surface area (Å²) in [6, 6.07) is 6.33. The highest BCUT2D eigenvalue weighted by molar-refractivity contribution is 7.16. The molecule has 114 valence electrons. The van der Waals surface area contributed by atoms with Crippen LogP contribution >= 0.6 is 22.7 Å². The van der Waals surface area contributed by atoms with Crippen molar-refractivity contribution in [1.29, 1.82) is 0 Å². The van der Waals surface area contributed by atoms with Crippen molar-refractivity contribution < 1.29 is 0 Å². The lowest BCUT2D eigenvalue weighted by atomic mass is 10.2. The van der Waals surface area contributed by atoms with Crippen molar-refractivity contribution in [1.82, 2.24) is 19.5 Å². The maximum atomic E-state index is 12.0. The van der Waals surface area contributed by atoms with Crippen molar-refractivity contribution in [3.8, 4) is 0 Å². The van der Waals surface area contributed by atoms with Crippen molar-refractivity contribution in [3.05, 3.63) is 49.5 Å². The monoisotopic (exact) mass is 332 g/mol. The summed E-state index contributed by atoms with van der Waals surface area (Å²) < 4.78 is 1.42. The second kappa shape index (κ2) is 5.57. The molecule has 0 N–H and O–H groups in total. The zero-order valence-electron chi connectivity index (χ0n) is 12.2. The minimum atomic E-state index is -0.0961. The number of fused-ring (bicyclic) bond motifs is 1. The Hall–Kier alpha value is -1.57. The third-order valence-corrected chi connectivity index (χ3v) is 5.86. The van der Waals surface area contributed by atoms with E-state index in [2.05, 4.69) is 32.5 Å². The smallest absolute Gasteiger partial charge is 0.275 e. The van der Waals surface area contributed by atoms with E-state index in [0.29, 0.717) is 11.0 Å². The van der Waals surface area contributed by atoms with Crippen molar-refractivity contribution in [3.63, 3.8) is 0 Å². The molecule has 5 nitrogen and oxygen atoms in total. The first-order chi connectivity index (χ1) is 10.7. The molecule has 3 aromatic rings. The summed E-state index contributed by atoms with van der Waals surface area (Å²) in [5.74, 6) is 0. The Balaban J connectivity index is 1.63. The highest BCUT2D eigenvalue weighted by atomic mass is 32.1. The van der Waals surface area contributed by atoms with Gasteiger partial charge in [0.2, 0.25) is 4.96 Å². The molecule has 1 unspecified atom stereocenters. The number of thiophene rings is 1. The molecule has 7 heteroatoms. The number of rotatable bonds is 3. The minimum Gasteiger partial charge on any atom is -0.289 e. The molecule has 0 aromatic carbocycles. The third kappa shape index (κ3) is 2.49. The highest BCUT2D eigenvalue weighted by Gasteiger charge is 2.27. The molecule has 0 aliphatic carbocycles. The molecule has 0 radical (unpaired) electrons. The fourth-order valence-corrected chi connectivity index (χ4v) is 4.88. The second-order valence-corrected chi connectivity index (χ2v) is 7.59. The lowest BCUT2D eigenvalue weighted by Gasteiger charge is -2.21. The summed E-state index contributed by atoms with van der Waals surface area (Å²) in [7, 11) is 0. The Kier molecular flexibility index (Phi) is 3.56. The summed E-state index contributed by atoms with van der Waals surface area (Å²) in [5, 5.41) is 7.55. The molecule has 1 atom stereocenters. The molecule has 22 heavy (non-hydrogen) atoms. The van der Waals surface area contributed by atoms with Crippen molar-refractivity contribution >= 4 is 27.6 Å². The number of aryl methyl sites for hydroxylation is 1. The van der Waals surface area contributed by atoms with Crippen LogP contribution in [0.2, 0.25) is 0 Å². The molecule has 4 heterocycles. The van der Waals surface area contributed by atoms with Crippen molar-refractivity contribution in [2.45, 2.75) is 32.4 Å². The van der Waals surface area contributed by atoms with Crippen molar-refractivity contribution in [2.75, 3.05) is 6.54 Å². The molecule has 3 aromatic heterocycles. The molecule has 0 amide bonds. The van der Waals surface area contributed by atoms with E-state index in [1.165, 1.54) is 39.6 Å². The molecule has 1 aliphatic heterocycles. The Morgan fingerprint density at radius 1 is 1.45 bits per heavy atom. The fraction of sp³-hybridized carbons (Fsp3) is 0.400. The van der Waals surface area contributed by atoms with Crippen LogP contribution in [-0.2, 0) is 6.54 Å². The van der Waals surface area contributed by atoms with Crippen LogP contribution in [0.5, 0.6) is 0 Å². The highest BCUT2D eigenvalue weighted by Crippen LogP contribution is 2.35. The van der Waals surface area contributed by atoms with Gasteiger partial charge < -0.3 is 0 Å². The Bertz CT molecular complexity index is 852. The second-order valence-electron chi connectivity index (χ2n) is 5.57. The number of likely N-dealkylation sites (tertiary alicyclic amines) is 1. The lowest BCUT2D eigenvalue weighted by Crippen LogP contribution is -2.22. The quantitative estimate of drug-likeness (QED) is 0.740. The molecule has 1 fully saturated rings. The Labute approximate surface area is 135 Å². The Morgan fingerprint density at radius 2 is 2.36 bits per heavy atom. The average Bonchev–Trinajstić information content (AvgIpc) is 3.17. The number of hydrogen-bond donors (Lipinski definition) is 0. The van der Waals surface area contributed by atoms with Crippen LogP contribution in [0.25, 0.3) is 4.96 Å². The summed E-state index contributed by atoms with van der Waals surface area (Å²) >= 11 is 3.33. The van der Waals surface area contributed by atoms with E-state index in [9.17, 15) is 4.79 Å². The van der Waals surface area contributed by atoms with Crippen LogP contribution < -0.4 is 5.56 Å². The van der Waals surface area contributed by atoms with Gasteiger partial charge in [0.25, 0.3) is 5.56 Å². The van der Waals surface area contributed by atoms with Crippen LogP contribution in [0.15, 0.2) is 28.4 Å². The standard InChI is InChI=1S/C15H16N4OS2/c1-10-8-14(20)19-15(16-10)22-13(17-19)9-18-6-2-4-11(18)12-5-3-7-21-12/h3,5,7-8,11H,2,4,6,9H2,1H3. The molecule has 0 spiro atoms. The predicted molar refractivity (Wildman–Crippen MR) is 88.6 cm³/mol. The molecule has 1 saturated heterocycles. The van der Waals surface area contributed by atoms with E-state index in [-0.39, 0.29) is 5.56 Å². The molecular weight excluding hydrogens is 316 g/mol. The summed E-state index contributed by atoms with van der Waals surface area (Å²) in [6.07, 6.45) is 2.41. The predicted octanol–water partition coefficient (Wildman–Crippen LogP) is 2.86. The molecule has 0 bridgehead atoms. The van der Waals surface area contributed by atoms with E-state index in [4.69, 9.17) is 0 Å². The summed E-state index contributed by atoms with van der Waals surface area (Å²) in [5.41, 5.74) is 0.652.